The average Bonchev–Trinajstić information content (AvgIpc) is 2.63. The van der Waals surface area contributed by atoms with E-state index in [2.05, 4.69) is 84.9 Å². The summed E-state index contributed by atoms with van der Waals surface area (Å²) < 4.78 is 0. The lowest BCUT2D eigenvalue weighted by atomic mass is 9.86. The van der Waals surface area contributed by atoms with Gasteiger partial charge in [-0.3, -0.25) is 0 Å². The van der Waals surface area contributed by atoms with Crippen LogP contribution in [0, 0.1) is 0 Å². The van der Waals surface area contributed by atoms with Gasteiger partial charge < -0.3 is 5.73 Å². The minimum absolute atomic E-state index is 0.0602. The standard InChI is InChI=1S/C21H21NS/c22-20(16-23-19-14-8-3-9-15-19)21(17-10-4-1-5-11-17)18-12-6-2-7-13-18/h1-15,20-21H,16,22H2/t20-/m0/s1. The molecule has 0 amide bonds. The highest BCUT2D eigenvalue weighted by atomic mass is 32.2. The molecule has 0 aromatic heterocycles. The molecule has 0 saturated carbocycles. The summed E-state index contributed by atoms with van der Waals surface area (Å²) in [5.74, 6) is 1.10. The molecule has 116 valence electrons. The van der Waals surface area contributed by atoms with Gasteiger partial charge >= 0.3 is 0 Å². The second-order valence-corrected chi connectivity index (χ2v) is 6.68. The number of rotatable bonds is 6. The van der Waals surface area contributed by atoms with Crippen LogP contribution in [0.1, 0.15) is 17.0 Å². The summed E-state index contributed by atoms with van der Waals surface area (Å²) in [6.07, 6.45) is 0. The van der Waals surface area contributed by atoms with Crippen molar-refractivity contribution in [2.75, 3.05) is 5.75 Å². The molecule has 3 aromatic carbocycles. The van der Waals surface area contributed by atoms with Crippen LogP contribution in [-0.2, 0) is 0 Å². The quantitative estimate of drug-likeness (QED) is 0.651. The third kappa shape index (κ3) is 4.25. The first-order valence-electron chi connectivity index (χ1n) is 7.88. The van der Waals surface area contributed by atoms with E-state index in [-0.39, 0.29) is 12.0 Å². The Kier molecular flexibility index (Phi) is 5.51. The van der Waals surface area contributed by atoms with E-state index in [0.717, 1.165) is 5.75 Å². The first-order chi connectivity index (χ1) is 11.3. The molecule has 23 heavy (non-hydrogen) atoms. The van der Waals surface area contributed by atoms with Gasteiger partial charge in [0.25, 0.3) is 0 Å². The molecule has 0 aliphatic carbocycles. The smallest absolute Gasteiger partial charge is 0.0249 e. The SMILES string of the molecule is N[C@@H](CSc1ccccc1)C(c1ccccc1)c1ccccc1. The van der Waals surface area contributed by atoms with Gasteiger partial charge in [0.1, 0.15) is 0 Å². The zero-order valence-corrected chi connectivity index (χ0v) is 13.8. The lowest BCUT2D eigenvalue weighted by Crippen LogP contribution is -2.31. The van der Waals surface area contributed by atoms with E-state index >= 15 is 0 Å². The van der Waals surface area contributed by atoms with E-state index in [0.29, 0.717) is 0 Å². The normalized spacial score (nSPS) is 12.3. The Morgan fingerprint density at radius 2 is 1.09 bits per heavy atom. The molecule has 0 heterocycles. The maximum Gasteiger partial charge on any atom is 0.0249 e. The largest absolute Gasteiger partial charge is 0.326 e. The van der Waals surface area contributed by atoms with E-state index in [4.69, 9.17) is 5.73 Å². The summed E-state index contributed by atoms with van der Waals surface area (Å²) in [6, 6.07) is 31.6. The minimum Gasteiger partial charge on any atom is -0.326 e. The molecule has 0 radical (unpaired) electrons. The molecule has 2 heteroatoms. The highest BCUT2D eigenvalue weighted by Crippen LogP contribution is 2.30. The zero-order valence-electron chi connectivity index (χ0n) is 13.0. The molecular formula is C21H21NS. The van der Waals surface area contributed by atoms with Crippen molar-refractivity contribution < 1.29 is 0 Å². The van der Waals surface area contributed by atoms with E-state index in [9.17, 15) is 0 Å². The van der Waals surface area contributed by atoms with Crippen LogP contribution in [0.4, 0.5) is 0 Å². The summed E-state index contributed by atoms with van der Waals surface area (Å²) in [4.78, 5) is 1.27. The van der Waals surface area contributed by atoms with Gasteiger partial charge in [-0.15, -0.1) is 11.8 Å². The van der Waals surface area contributed by atoms with Crippen LogP contribution in [0.3, 0.4) is 0 Å². The third-order valence-electron chi connectivity index (χ3n) is 3.93. The molecule has 1 nitrogen and oxygen atoms in total. The second-order valence-electron chi connectivity index (χ2n) is 5.59. The average molecular weight is 319 g/mol. The summed E-state index contributed by atoms with van der Waals surface area (Å²) in [6.45, 7) is 0. The molecule has 3 rings (SSSR count). The molecule has 0 bridgehead atoms. The maximum absolute atomic E-state index is 6.61. The molecule has 3 aromatic rings. The maximum atomic E-state index is 6.61. The van der Waals surface area contributed by atoms with Crippen molar-refractivity contribution in [3.8, 4) is 0 Å². The minimum atomic E-state index is 0.0602. The topological polar surface area (TPSA) is 26.0 Å². The Hall–Kier alpha value is -2.03. The number of nitrogens with two attached hydrogens (primary N) is 1. The second kappa shape index (κ2) is 8.00. The van der Waals surface area contributed by atoms with E-state index < -0.39 is 0 Å². The van der Waals surface area contributed by atoms with Gasteiger partial charge in [0, 0.05) is 22.6 Å². The van der Waals surface area contributed by atoms with Gasteiger partial charge in [-0.1, -0.05) is 78.9 Å². The first kappa shape index (κ1) is 15.9. The van der Waals surface area contributed by atoms with Crippen LogP contribution < -0.4 is 5.73 Å². The van der Waals surface area contributed by atoms with Crippen LogP contribution in [0.5, 0.6) is 0 Å². The van der Waals surface area contributed by atoms with Crippen molar-refractivity contribution in [1.29, 1.82) is 0 Å². The van der Waals surface area contributed by atoms with Crippen molar-refractivity contribution in [3.05, 3.63) is 102 Å². The van der Waals surface area contributed by atoms with Crippen molar-refractivity contribution in [2.45, 2.75) is 16.9 Å². The molecule has 2 N–H and O–H groups in total. The Bertz CT molecular complexity index is 658. The molecule has 1 atom stereocenters. The molecule has 0 fully saturated rings. The number of hydrogen-bond acceptors (Lipinski definition) is 2. The predicted octanol–water partition coefficient (Wildman–Crippen LogP) is 4.94. The van der Waals surface area contributed by atoms with E-state index in [1.54, 1.807) is 0 Å². The van der Waals surface area contributed by atoms with Gasteiger partial charge in [0.15, 0.2) is 0 Å². The number of thioether (sulfide) groups is 1. The predicted molar refractivity (Wildman–Crippen MR) is 99.9 cm³/mol. The Morgan fingerprint density at radius 1 is 0.652 bits per heavy atom. The molecule has 0 unspecified atom stereocenters. The first-order valence-corrected chi connectivity index (χ1v) is 8.86. The van der Waals surface area contributed by atoms with Crippen molar-refractivity contribution in [2.24, 2.45) is 5.73 Å². The Morgan fingerprint density at radius 3 is 1.57 bits per heavy atom. The van der Waals surface area contributed by atoms with Crippen LogP contribution in [0.2, 0.25) is 0 Å². The molecule has 0 saturated heterocycles. The lowest BCUT2D eigenvalue weighted by Gasteiger charge is -2.25. The van der Waals surface area contributed by atoms with Crippen LogP contribution in [0.25, 0.3) is 0 Å². The highest BCUT2D eigenvalue weighted by Gasteiger charge is 2.21. The van der Waals surface area contributed by atoms with Gasteiger partial charge in [-0.05, 0) is 23.3 Å². The number of benzene rings is 3. The fraction of sp³-hybridized carbons (Fsp3) is 0.143. The monoisotopic (exact) mass is 319 g/mol. The van der Waals surface area contributed by atoms with E-state index in [1.165, 1.54) is 16.0 Å². The Balaban J connectivity index is 1.80. The van der Waals surface area contributed by atoms with E-state index in [1.807, 2.05) is 17.8 Å². The molecule has 0 spiro atoms. The summed E-state index contributed by atoms with van der Waals surface area (Å²) in [5.41, 5.74) is 9.16. The lowest BCUT2D eigenvalue weighted by molar-refractivity contribution is 0.653. The zero-order chi connectivity index (χ0) is 15.9. The van der Waals surface area contributed by atoms with Gasteiger partial charge in [0.05, 0.1) is 0 Å². The summed E-state index contributed by atoms with van der Waals surface area (Å²) in [7, 11) is 0. The fourth-order valence-corrected chi connectivity index (χ4v) is 3.74. The van der Waals surface area contributed by atoms with Crippen LogP contribution in [-0.4, -0.2) is 11.8 Å². The highest BCUT2D eigenvalue weighted by molar-refractivity contribution is 7.99. The molecule has 0 aliphatic heterocycles. The molecular weight excluding hydrogens is 298 g/mol. The van der Waals surface area contributed by atoms with Crippen LogP contribution >= 0.6 is 11.8 Å². The van der Waals surface area contributed by atoms with Crippen molar-refractivity contribution in [1.82, 2.24) is 0 Å². The third-order valence-corrected chi connectivity index (χ3v) is 5.09. The molecule has 0 aliphatic rings. The van der Waals surface area contributed by atoms with Crippen LogP contribution in [0.15, 0.2) is 95.9 Å². The van der Waals surface area contributed by atoms with Gasteiger partial charge in [-0.2, -0.15) is 0 Å². The fourth-order valence-electron chi connectivity index (χ4n) is 2.81. The summed E-state index contributed by atoms with van der Waals surface area (Å²) >= 11 is 1.82. The summed E-state index contributed by atoms with van der Waals surface area (Å²) in [5, 5.41) is 0. The number of hydrogen-bond donors (Lipinski definition) is 1. The van der Waals surface area contributed by atoms with Gasteiger partial charge in [0.2, 0.25) is 0 Å². The Labute approximate surface area is 142 Å². The van der Waals surface area contributed by atoms with Crippen molar-refractivity contribution >= 4 is 11.8 Å². The van der Waals surface area contributed by atoms with Crippen molar-refractivity contribution in [3.63, 3.8) is 0 Å². The van der Waals surface area contributed by atoms with Gasteiger partial charge in [-0.25, -0.2) is 0 Å².